The number of hydrogen-bond acceptors (Lipinski definition) is 6. The molecule has 0 radical (unpaired) electrons. The van der Waals surface area contributed by atoms with Crippen molar-refractivity contribution in [2.75, 3.05) is 19.7 Å². The molecule has 8 nitrogen and oxygen atoms in total. The Morgan fingerprint density at radius 3 is 2.77 bits per heavy atom. The van der Waals surface area contributed by atoms with Crippen LogP contribution in [-0.2, 0) is 6.42 Å². The van der Waals surface area contributed by atoms with Crippen LogP contribution in [0.5, 0.6) is 0 Å². The molecule has 31 heavy (non-hydrogen) atoms. The number of aliphatic hydroxyl groups is 1. The molecule has 0 bridgehead atoms. The highest BCUT2D eigenvalue weighted by molar-refractivity contribution is 5.94. The summed E-state index contributed by atoms with van der Waals surface area (Å²) in [7, 11) is 0. The molecule has 0 spiro atoms. The molecule has 1 amide bonds. The first kappa shape index (κ1) is 21.2. The Morgan fingerprint density at radius 1 is 1.16 bits per heavy atom. The molecule has 8 heteroatoms. The van der Waals surface area contributed by atoms with E-state index in [2.05, 4.69) is 39.5 Å². The van der Waals surface area contributed by atoms with Gasteiger partial charge in [-0.2, -0.15) is 0 Å². The second-order valence-electron chi connectivity index (χ2n) is 7.92. The van der Waals surface area contributed by atoms with Gasteiger partial charge in [-0.05, 0) is 43.5 Å². The molecular formula is C23H27N5O3. The number of hydroxylamine groups is 1. The lowest BCUT2D eigenvalue weighted by Gasteiger charge is -2.22. The standard InChI is InChI=1S/C23H27N5O3/c29-16-21-13-20(14-27(21)11-5-8-17-6-2-1-3-7-17)28-15-22(24-26-28)18-9-4-10-19(12-18)23(30)25-31/h1-4,6-7,9-10,12,15,20-21,29,31H,5,8,11,13-14,16H2,(H,25,30)/t20-,21-/m0/s1. The van der Waals surface area contributed by atoms with Gasteiger partial charge in [-0.15, -0.1) is 5.10 Å². The van der Waals surface area contributed by atoms with Crippen LogP contribution in [0.3, 0.4) is 0 Å². The van der Waals surface area contributed by atoms with Crippen molar-refractivity contribution in [1.29, 1.82) is 0 Å². The summed E-state index contributed by atoms with van der Waals surface area (Å²) in [6.45, 7) is 1.87. The fourth-order valence-electron chi connectivity index (χ4n) is 4.22. The highest BCUT2D eigenvalue weighted by Crippen LogP contribution is 2.28. The minimum Gasteiger partial charge on any atom is -0.395 e. The van der Waals surface area contributed by atoms with Crippen LogP contribution in [0.15, 0.2) is 60.8 Å². The van der Waals surface area contributed by atoms with E-state index >= 15 is 0 Å². The van der Waals surface area contributed by atoms with Crippen molar-refractivity contribution in [3.63, 3.8) is 0 Å². The van der Waals surface area contributed by atoms with Gasteiger partial charge in [0.2, 0.25) is 0 Å². The van der Waals surface area contributed by atoms with Crippen molar-refractivity contribution in [1.82, 2.24) is 25.4 Å². The average molecular weight is 422 g/mol. The van der Waals surface area contributed by atoms with Gasteiger partial charge >= 0.3 is 0 Å². The molecule has 162 valence electrons. The van der Waals surface area contributed by atoms with Crippen molar-refractivity contribution in [2.45, 2.75) is 31.3 Å². The number of carbonyl (C=O) groups excluding carboxylic acids is 1. The largest absolute Gasteiger partial charge is 0.395 e. The van der Waals surface area contributed by atoms with Crippen molar-refractivity contribution in [2.24, 2.45) is 0 Å². The quantitative estimate of drug-likeness (QED) is 0.381. The molecule has 1 saturated heterocycles. The number of nitrogens with zero attached hydrogens (tertiary/aromatic N) is 4. The van der Waals surface area contributed by atoms with Crippen LogP contribution in [0.25, 0.3) is 11.3 Å². The molecule has 2 aromatic carbocycles. The second-order valence-corrected chi connectivity index (χ2v) is 7.92. The molecule has 2 atom stereocenters. The van der Waals surface area contributed by atoms with E-state index in [4.69, 9.17) is 5.21 Å². The number of aryl methyl sites for hydroxylation is 1. The normalized spacial score (nSPS) is 18.9. The van der Waals surface area contributed by atoms with Gasteiger partial charge in [0.25, 0.3) is 5.91 Å². The van der Waals surface area contributed by atoms with Crippen LogP contribution in [-0.4, -0.2) is 61.9 Å². The molecule has 1 aromatic heterocycles. The third-order valence-corrected chi connectivity index (χ3v) is 5.88. The van der Waals surface area contributed by atoms with Crippen LogP contribution < -0.4 is 5.48 Å². The SMILES string of the molecule is O=C(NO)c1cccc(-c2cn([C@H]3C[C@@H](CO)N(CCCc4ccccc4)C3)nn2)c1. The van der Waals surface area contributed by atoms with Crippen molar-refractivity contribution >= 4 is 5.91 Å². The molecule has 3 N–H and O–H groups in total. The lowest BCUT2D eigenvalue weighted by Crippen LogP contribution is -2.33. The number of aromatic nitrogens is 3. The van der Waals surface area contributed by atoms with Gasteiger partial charge in [-0.3, -0.25) is 14.9 Å². The molecule has 1 fully saturated rings. The molecule has 4 rings (SSSR count). The number of hydrogen-bond donors (Lipinski definition) is 3. The maximum absolute atomic E-state index is 11.7. The highest BCUT2D eigenvalue weighted by Gasteiger charge is 2.33. The zero-order valence-electron chi connectivity index (χ0n) is 17.3. The third-order valence-electron chi connectivity index (χ3n) is 5.88. The highest BCUT2D eigenvalue weighted by atomic mass is 16.5. The van der Waals surface area contributed by atoms with E-state index < -0.39 is 5.91 Å². The van der Waals surface area contributed by atoms with Gasteiger partial charge in [-0.25, -0.2) is 10.2 Å². The second kappa shape index (κ2) is 9.82. The van der Waals surface area contributed by atoms with Gasteiger partial charge in [0.05, 0.1) is 18.8 Å². The van der Waals surface area contributed by atoms with Crippen LogP contribution >= 0.6 is 0 Å². The molecule has 1 aliphatic heterocycles. The van der Waals surface area contributed by atoms with Crippen LogP contribution in [0.1, 0.15) is 34.8 Å². The van der Waals surface area contributed by atoms with E-state index in [0.29, 0.717) is 11.3 Å². The Labute approximate surface area is 181 Å². The van der Waals surface area contributed by atoms with E-state index in [1.165, 1.54) is 5.56 Å². The molecule has 0 aliphatic carbocycles. The number of nitrogens with one attached hydrogen (secondary N) is 1. The molecule has 0 saturated carbocycles. The Hall–Kier alpha value is -3.07. The lowest BCUT2D eigenvalue weighted by atomic mass is 10.1. The van der Waals surface area contributed by atoms with Crippen molar-refractivity contribution in [3.8, 4) is 11.3 Å². The van der Waals surface area contributed by atoms with Gasteiger partial charge in [-0.1, -0.05) is 47.7 Å². The van der Waals surface area contributed by atoms with Crippen LogP contribution in [0, 0.1) is 0 Å². The number of rotatable bonds is 8. The summed E-state index contributed by atoms with van der Waals surface area (Å²) >= 11 is 0. The molecule has 1 aliphatic rings. The summed E-state index contributed by atoms with van der Waals surface area (Å²) in [4.78, 5) is 14.0. The van der Waals surface area contributed by atoms with E-state index in [0.717, 1.165) is 37.9 Å². The summed E-state index contributed by atoms with van der Waals surface area (Å²) in [5.74, 6) is -0.568. The topological polar surface area (TPSA) is 104 Å². The van der Waals surface area contributed by atoms with Gasteiger partial charge < -0.3 is 5.11 Å². The Balaban J connectivity index is 1.40. The summed E-state index contributed by atoms with van der Waals surface area (Å²) < 4.78 is 1.86. The number of aliphatic hydroxyl groups excluding tert-OH is 1. The number of carbonyl (C=O) groups is 1. The van der Waals surface area contributed by atoms with Gasteiger partial charge in [0.15, 0.2) is 0 Å². The van der Waals surface area contributed by atoms with E-state index in [1.807, 2.05) is 23.0 Å². The maximum atomic E-state index is 11.7. The van der Waals surface area contributed by atoms with Crippen LogP contribution in [0.2, 0.25) is 0 Å². The van der Waals surface area contributed by atoms with Crippen LogP contribution in [0.4, 0.5) is 0 Å². The summed E-state index contributed by atoms with van der Waals surface area (Å²) in [6.07, 6.45) is 4.75. The fourth-order valence-corrected chi connectivity index (χ4v) is 4.22. The van der Waals surface area contributed by atoms with Gasteiger partial charge in [0.1, 0.15) is 5.69 Å². The predicted molar refractivity (Wildman–Crippen MR) is 116 cm³/mol. The Kier molecular flexibility index (Phi) is 6.71. The fraction of sp³-hybridized carbons (Fsp3) is 0.348. The average Bonchev–Trinajstić information content (AvgIpc) is 3.46. The molecule has 0 unspecified atom stereocenters. The molecule has 2 heterocycles. The Bertz CT molecular complexity index is 1010. The van der Waals surface area contributed by atoms with E-state index in [9.17, 15) is 9.90 Å². The smallest absolute Gasteiger partial charge is 0.274 e. The van der Waals surface area contributed by atoms with E-state index in [1.54, 1.807) is 23.7 Å². The lowest BCUT2D eigenvalue weighted by molar-refractivity contribution is 0.0706. The van der Waals surface area contributed by atoms with Gasteiger partial charge in [0, 0.05) is 23.7 Å². The summed E-state index contributed by atoms with van der Waals surface area (Å²) in [5.41, 5.74) is 4.74. The van der Waals surface area contributed by atoms with Crippen molar-refractivity contribution in [3.05, 3.63) is 71.9 Å². The Morgan fingerprint density at radius 2 is 2.00 bits per heavy atom. The monoisotopic (exact) mass is 421 g/mol. The number of benzene rings is 2. The number of likely N-dealkylation sites (tertiary alicyclic amines) is 1. The molecule has 3 aromatic rings. The van der Waals surface area contributed by atoms with E-state index in [-0.39, 0.29) is 18.7 Å². The summed E-state index contributed by atoms with van der Waals surface area (Å²) in [5, 5.41) is 27.3. The molecular weight excluding hydrogens is 394 g/mol. The first-order chi connectivity index (χ1) is 15.2. The van der Waals surface area contributed by atoms with Crippen molar-refractivity contribution < 1.29 is 15.1 Å². The maximum Gasteiger partial charge on any atom is 0.274 e. The predicted octanol–water partition coefficient (Wildman–Crippen LogP) is 2.30. The minimum atomic E-state index is -0.568. The first-order valence-electron chi connectivity index (χ1n) is 10.5. The third kappa shape index (κ3) is 4.99. The summed E-state index contributed by atoms with van der Waals surface area (Å²) in [6, 6.07) is 17.6. The minimum absolute atomic E-state index is 0.116. The first-order valence-corrected chi connectivity index (χ1v) is 10.5. The number of amides is 1. The zero-order chi connectivity index (χ0) is 21.6. The zero-order valence-corrected chi connectivity index (χ0v) is 17.3.